The summed E-state index contributed by atoms with van der Waals surface area (Å²) in [6, 6.07) is 12.4. The Morgan fingerprint density at radius 1 is 1.00 bits per heavy atom. The quantitative estimate of drug-likeness (QED) is 0.522. The van der Waals surface area contributed by atoms with Crippen molar-refractivity contribution >= 4 is 11.8 Å². The summed E-state index contributed by atoms with van der Waals surface area (Å²) in [5.41, 5.74) is 3.71. The van der Waals surface area contributed by atoms with E-state index in [-0.39, 0.29) is 18.0 Å². The molecule has 0 aliphatic carbocycles. The van der Waals surface area contributed by atoms with E-state index in [1.807, 2.05) is 39.0 Å². The molecule has 6 nitrogen and oxygen atoms in total. The molecule has 2 heterocycles. The van der Waals surface area contributed by atoms with Crippen LogP contribution in [0.4, 0.5) is 0 Å². The molecule has 1 aromatic carbocycles. The Labute approximate surface area is 151 Å². The summed E-state index contributed by atoms with van der Waals surface area (Å²) in [7, 11) is 0. The summed E-state index contributed by atoms with van der Waals surface area (Å²) in [6.07, 6.45) is 1.42. The molecule has 26 heavy (non-hydrogen) atoms. The zero-order valence-corrected chi connectivity index (χ0v) is 14.9. The second-order valence-electron chi connectivity index (χ2n) is 6.11. The number of carbonyl (C=O) groups is 2. The van der Waals surface area contributed by atoms with E-state index < -0.39 is 5.97 Å². The summed E-state index contributed by atoms with van der Waals surface area (Å²) < 4.78 is 6.80. The number of aromatic nitrogens is 3. The van der Waals surface area contributed by atoms with Gasteiger partial charge in [0, 0.05) is 17.5 Å². The number of nitrogens with zero attached hydrogens (tertiary/aromatic N) is 3. The predicted molar refractivity (Wildman–Crippen MR) is 96.6 cm³/mol. The number of carbonyl (C=O) groups excluding carboxylic acids is 2. The highest BCUT2D eigenvalue weighted by Crippen LogP contribution is 2.11. The monoisotopic (exact) mass is 349 g/mol. The third kappa shape index (κ3) is 3.85. The normalized spacial score (nSPS) is 10.6. The summed E-state index contributed by atoms with van der Waals surface area (Å²) >= 11 is 0. The Hall–Kier alpha value is -3.28. The second-order valence-corrected chi connectivity index (χ2v) is 6.11. The molecular formula is C20H19N3O3. The van der Waals surface area contributed by atoms with E-state index in [0.29, 0.717) is 11.4 Å². The first-order chi connectivity index (χ1) is 12.4. The van der Waals surface area contributed by atoms with Crippen molar-refractivity contribution in [3.8, 4) is 5.82 Å². The number of rotatable bonds is 5. The fraction of sp³-hybridized carbons (Fsp3) is 0.200. The minimum atomic E-state index is -0.585. The van der Waals surface area contributed by atoms with Gasteiger partial charge in [0.25, 0.3) is 0 Å². The van der Waals surface area contributed by atoms with E-state index >= 15 is 0 Å². The van der Waals surface area contributed by atoms with Crippen LogP contribution in [0.3, 0.4) is 0 Å². The van der Waals surface area contributed by atoms with E-state index in [9.17, 15) is 9.59 Å². The van der Waals surface area contributed by atoms with Crippen molar-refractivity contribution in [1.29, 1.82) is 0 Å². The molecule has 0 radical (unpaired) electrons. The summed E-state index contributed by atoms with van der Waals surface area (Å²) in [4.78, 5) is 28.4. The maximum absolute atomic E-state index is 12.1. The largest absolute Gasteiger partial charge is 0.454 e. The Bertz CT molecular complexity index is 941. The molecule has 0 N–H and O–H groups in total. The van der Waals surface area contributed by atoms with Gasteiger partial charge in [0.1, 0.15) is 0 Å². The summed E-state index contributed by atoms with van der Waals surface area (Å²) in [5, 5.41) is 4.35. The van der Waals surface area contributed by atoms with Crippen LogP contribution in [0.1, 0.15) is 37.7 Å². The minimum absolute atomic E-state index is 0.245. The van der Waals surface area contributed by atoms with E-state index in [2.05, 4.69) is 10.1 Å². The van der Waals surface area contributed by atoms with Gasteiger partial charge < -0.3 is 4.74 Å². The van der Waals surface area contributed by atoms with E-state index in [1.165, 1.54) is 6.20 Å². The number of aryl methyl sites for hydroxylation is 3. The highest BCUT2D eigenvalue weighted by Gasteiger charge is 2.13. The van der Waals surface area contributed by atoms with Crippen LogP contribution in [0.15, 0.2) is 48.7 Å². The van der Waals surface area contributed by atoms with Crippen molar-refractivity contribution in [3.05, 3.63) is 76.7 Å². The van der Waals surface area contributed by atoms with E-state index in [0.717, 1.165) is 17.0 Å². The van der Waals surface area contributed by atoms with E-state index in [1.54, 1.807) is 28.9 Å². The minimum Gasteiger partial charge on any atom is -0.454 e. The first-order valence-electron chi connectivity index (χ1n) is 8.21. The van der Waals surface area contributed by atoms with E-state index in [4.69, 9.17) is 4.74 Å². The molecule has 132 valence electrons. The van der Waals surface area contributed by atoms with Crippen LogP contribution in [-0.4, -0.2) is 33.1 Å². The number of hydrogen-bond donors (Lipinski definition) is 0. The highest BCUT2D eigenvalue weighted by atomic mass is 16.5. The first kappa shape index (κ1) is 17.5. The maximum Gasteiger partial charge on any atom is 0.340 e. The average Bonchev–Trinajstić information content (AvgIpc) is 2.98. The molecule has 2 aromatic heterocycles. The standard InChI is InChI=1S/C20H19N3O3/c1-13-4-6-16(7-5-13)18(24)12-26-20(25)17-8-9-19(21-11-17)23-15(3)10-14(2)22-23/h4-11H,12H2,1-3H3. The number of ketones is 1. The molecule has 0 saturated heterocycles. The predicted octanol–water partition coefficient (Wildman–Crippen LogP) is 3.23. The van der Waals surface area contributed by atoms with Gasteiger partial charge in [-0.1, -0.05) is 29.8 Å². The van der Waals surface area contributed by atoms with Crippen molar-refractivity contribution in [3.63, 3.8) is 0 Å². The summed E-state index contributed by atoms with van der Waals surface area (Å²) in [5.74, 6) is -0.216. The second kappa shape index (κ2) is 7.31. The molecule has 0 fully saturated rings. The van der Waals surface area contributed by atoms with Crippen molar-refractivity contribution in [2.24, 2.45) is 0 Å². The Morgan fingerprint density at radius 3 is 2.27 bits per heavy atom. The SMILES string of the molecule is Cc1ccc(C(=O)COC(=O)c2ccc(-n3nc(C)cc3C)nc2)cc1. The molecule has 3 aromatic rings. The average molecular weight is 349 g/mol. The molecule has 0 amide bonds. The van der Waals surface area contributed by atoms with Crippen molar-refractivity contribution in [2.75, 3.05) is 6.61 Å². The molecule has 0 atom stereocenters. The van der Waals surface area contributed by atoms with Gasteiger partial charge in [-0.2, -0.15) is 5.10 Å². The van der Waals surface area contributed by atoms with Crippen LogP contribution in [0, 0.1) is 20.8 Å². The zero-order chi connectivity index (χ0) is 18.7. The Balaban J connectivity index is 1.64. The molecule has 0 unspecified atom stereocenters. The number of esters is 1. The Morgan fingerprint density at radius 2 is 1.69 bits per heavy atom. The number of benzene rings is 1. The number of pyridine rings is 1. The fourth-order valence-electron chi connectivity index (χ4n) is 2.53. The molecule has 3 rings (SSSR count). The van der Waals surface area contributed by atoms with Gasteiger partial charge in [0.15, 0.2) is 18.2 Å². The first-order valence-corrected chi connectivity index (χ1v) is 8.21. The Kier molecular flexibility index (Phi) is 4.93. The van der Waals surface area contributed by atoms with Gasteiger partial charge in [-0.3, -0.25) is 4.79 Å². The third-order valence-corrected chi connectivity index (χ3v) is 3.92. The lowest BCUT2D eigenvalue weighted by atomic mass is 10.1. The van der Waals surface area contributed by atoms with Crippen molar-refractivity contribution in [2.45, 2.75) is 20.8 Å². The smallest absolute Gasteiger partial charge is 0.340 e. The van der Waals surface area contributed by atoms with Crippen LogP contribution in [0.5, 0.6) is 0 Å². The van der Waals surface area contributed by atoms with Crippen LogP contribution >= 0.6 is 0 Å². The van der Waals surface area contributed by atoms with Crippen LogP contribution in [0.2, 0.25) is 0 Å². The molecule has 0 aliphatic rings. The summed E-state index contributed by atoms with van der Waals surface area (Å²) in [6.45, 7) is 5.47. The topological polar surface area (TPSA) is 74.1 Å². The number of ether oxygens (including phenoxy) is 1. The zero-order valence-electron chi connectivity index (χ0n) is 14.9. The lowest BCUT2D eigenvalue weighted by Crippen LogP contribution is -2.14. The van der Waals surface area contributed by atoms with Gasteiger partial charge in [-0.25, -0.2) is 14.5 Å². The van der Waals surface area contributed by atoms with Gasteiger partial charge in [-0.15, -0.1) is 0 Å². The van der Waals surface area contributed by atoms with Gasteiger partial charge in [0.05, 0.1) is 11.3 Å². The van der Waals surface area contributed by atoms with Crippen molar-refractivity contribution in [1.82, 2.24) is 14.8 Å². The molecular weight excluding hydrogens is 330 g/mol. The lowest BCUT2D eigenvalue weighted by Gasteiger charge is -2.06. The molecule has 6 heteroatoms. The third-order valence-electron chi connectivity index (χ3n) is 3.92. The maximum atomic E-state index is 12.1. The number of hydrogen-bond acceptors (Lipinski definition) is 5. The fourth-order valence-corrected chi connectivity index (χ4v) is 2.53. The van der Waals surface area contributed by atoms with Crippen LogP contribution < -0.4 is 0 Å². The van der Waals surface area contributed by atoms with Crippen LogP contribution in [0.25, 0.3) is 5.82 Å². The van der Waals surface area contributed by atoms with Gasteiger partial charge in [0.2, 0.25) is 0 Å². The van der Waals surface area contributed by atoms with Crippen LogP contribution in [-0.2, 0) is 4.74 Å². The van der Waals surface area contributed by atoms with Gasteiger partial charge >= 0.3 is 5.97 Å². The van der Waals surface area contributed by atoms with Gasteiger partial charge in [-0.05, 0) is 39.0 Å². The molecule has 0 spiro atoms. The lowest BCUT2D eigenvalue weighted by molar-refractivity contribution is 0.0474. The molecule has 0 aliphatic heterocycles. The van der Waals surface area contributed by atoms with Crippen molar-refractivity contribution < 1.29 is 14.3 Å². The molecule has 0 bridgehead atoms. The highest BCUT2D eigenvalue weighted by molar-refractivity contribution is 5.99. The molecule has 0 saturated carbocycles. The number of Topliss-reactive ketones (excluding diaryl/α,β-unsaturated/α-hetero) is 1.